The van der Waals surface area contributed by atoms with Gasteiger partial charge in [0.25, 0.3) is 0 Å². The highest BCUT2D eigenvalue weighted by atomic mass is 16.5. The minimum atomic E-state index is -0.401. The van der Waals surface area contributed by atoms with Crippen molar-refractivity contribution in [3.05, 3.63) is 12.2 Å². The second-order valence-electron chi connectivity index (χ2n) is 4.39. The number of carbonyl (C=O) groups is 2. The van der Waals surface area contributed by atoms with Crippen LogP contribution in [0, 0.1) is 11.8 Å². The van der Waals surface area contributed by atoms with Gasteiger partial charge >= 0.3 is 11.9 Å². The van der Waals surface area contributed by atoms with Gasteiger partial charge in [-0.05, 0) is 33.6 Å². The largest absolute Gasteiger partial charge is 0.466 e. The van der Waals surface area contributed by atoms with Gasteiger partial charge in [-0.2, -0.15) is 0 Å². The van der Waals surface area contributed by atoms with Gasteiger partial charge < -0.3 is 9.47 Å². The van der Waals surface area contributed by atoms with Crippen molar-refractivity contribution in [2.75, 3.05) is 6.61 Å². The summed E-state index contributed by atoms with van der Waals surface area (Å²) in [5.41, 5.74) is 0. The first-order chi connectivity index (χ1) is 8.06. The van der Waals surface area contributed by atoms with Crippen LogP contribution in [0.15, 0.2) is 12.2 Å². The van der Waals surface area contributed by atoms with Gasteiger partial charge in [0.2, 0.25) is 0 Å². The Kier molecular flexibility index (Phi) is 5.19. The molecule has 1 aliphatic rings. The fourth-order valence-electron chi connectivity index (χ4n) is 1.90. The van der Waals surface area contributed by atoms with Crippen molar-refractivity contribution in [1.82, 2.24) is 0 Å². The summed E-state index contributed by atoms with van der Waals surface area (Å²) in [6.07, 6.45) is 4.78. The first kappa shape index (κ1) is 13.7. The van der Waals surface area contributed by atoms with Crippen LogP contribution in [-0.4, -0.2) is 24.6 Å². The Bertz CT molecular complexity index is 307. The molecule has 2 atom stereocenters. The molecule has 4 nitrogen and oxygen atoms in total. The number of hydrogen-bond donors (Lipinski definition) is 0. The quantitative estimate of drug-likeness (QED) is 0.557. The van der Waals surface area contributed by atoms with E-state index in [2.05, 4.69) is 0 Å². The summed E-state index contributed by atoms with van der Waals surface area (Å²) in [4.78, 5) is 23.6. The Morgan fingerprint density at radius 1 is 1.18 bits per heavy atom. The lowest BCUT2D eigenvalue weighted by Crippen LogP contribution is -2.34. The standard InChI is InChI=1S/C13H20O4/c1-4-16-12(14)10-7-5-6-8-11(10)13(15)17-9(2)3/h5-6,9-11H,4,7-8H2,1-3H3/t10-,11-/m1/s1. The maximum Gasteiger partial charge on any atom is 0.310 e. The molecular weight excluding hydrogens is 220 g/mol. The van der Waals surface area contributed by atoms with Crippen LogP contribution in [0.5, 0.6) is 0 Å². The van der Waals surface area contributed by atoms with Gasteiger partial charge in [-0.15, -0.1) is 0 Å². The number of esters is 2. The lowest BCUT2D eigenvalue weighted by atomic mass is 9.83. The van der Waals surface area contributed by atoms with Crippen molar-refractivity contribution in [3.8, 4) is 0 Å². The maximum atomic E-state index is 11.9. The minimum absolute atomic E-state index is 0.156. The molecule has 1 rings (SSSR count). The predicted molar refractivity (Wildman–Crippen MR) is 63.2 cm³/mol. The maximum absolute atomic E-state index is 11.9. The molecule has 0 aromatic carbocycles. The molecule has 0 amide bonds. The molecule has 0 heterocycles. The summed E-state index contributed by atoms with van der Waals surface area (Å²) in [6.45, 7) is 5.70. The van der Waals surface area contributed by atoms with Crippen molar-refractivity contribution < 1.29 is 19.1 Å². The molecule has 0 saturated heterocycles. The highest BCUT2D eigenvalue weighted by Crippen LogP contribution is 2.28. The lowest BCUT2D eigenvalue weighted by molar-refractivity contribution is -0.163. The predicted octanol–water partition coefficient (Wildman–Crippen LogP) is 2.08. The van der Waals surface area contributed by atoms with Crippen LogP contribution >= 0.6 is 0 Å². The molecule has 0 spiro atoms. The van der Waals surface area contributed by atoms with Crippen LogP contribution < -0.4 is 0 Å². The third-order valence-corrected chi connectivity index (χ3v) is 2.68. The van der Waals surface area contributed by atoms with E-state index >= 15 is 0 Å². The summed E-state index contributed by atoms with van der Waals surface area (Å²) in [7, 11) is 0. The van der Waals surface area contributed by atoms with Gasteiger partial charge in [0.1, 0.15) is 0 Å². The molecule has 4 heteroatoms. The molecule has 17 heavy (non-hydrogen) atoms. The average Bonchev–Trinajstić information content (AvgIpc) is 2.28. The van der Waals surface area contributed by atoms with Crippen molar-refractivity contribution in [1.29, 1.82) is 0 Å². The van der Waals surface area contributed by atoms with Gasteiger partial charge in [-0.1, -0.05) is 12.2 Å². The Balaban J connectivity index is 2.69. The molecule has 0 fully saturated rings. The highest BCUT2D eigenvalue weighted by molar-refractivity contribution is 5.82. The van der Waals surface area contributed by atoms with Gasteiger partial charge in [0.05, 0.1) is 24.5 Å². The number of allylic oxidation sites excluding steroid dienone is 2. The summed E-state index contributed by atoms with van der Waals surface area (Å²) in [6, 6.07) is 0. The SMILES string of the molecule is CCOC(=O)[C@@H]1CC=CC[C@H]1C(=O)OC(C)C. The zero-order valence-electron chi connectivity index (χ0n) is 10.6. The van der Waals surface area contributed by atoms with E-state index in [1.165, 1.54) is 0 Å². The third kappa shape index (κ3) is 3.88. The Hall–Kier alpha value is -1.32. The van der Waals surface area contributed by atoms with Gasteiger partial charge in [-0.3, -0.25) is 9.59 Å². The van der Waals surface area contributed by atoms with Crippen LogP contribution in [0.2, 0.25) is 0 Å². The van der Waals surface area contributed by atoms with Gasteiger partial charge in [0, 0.05) is 0 Å². The smallest absolute Gasteiger partial charge is 0.310 e. The number of hydrogen-bond acceptors (Lipinski definition) is 4. The van der Waals surface area contributed by atoms with Crippen LogP contribution in [0.4, 0.5) is 0 Å². The van der Waals surface area contributed by atoms with Crippen molar-refractivity contribution in [2.45, 2.75) is 39.7 Å². The van der Waals surface area contributed by atoms with E-state index in [4.69, 9.17) is 9.47 Å². The molecule has 0 aliphatic heterocycles. The normalized spacial score (nSPS) is 23.5. The second kappa shape index (κ2) is 6.42. The summed E-state index contributed by atoms with van der Waals surface area (Å²) < 4.78 is 10.2. The number of carbonyl (C=O) groups excluding carboxylic acids is 2. The fourth-order valence-corrected chi connectivity index (χ4v) is 1.90. The van der Waals surface area contributed by atoms with E-state index in [9.17, 15) is 9.59 Å². The average molecular weight is 240 g/mol. The molecule has 96 valence electrons. The van der Waals surface area contributed by atoms with E-state index in [1.807, 2.05) is 12.2 Å². The van der Waals surface area contributed by atoms with Crippen LogP contribution in [0.1, 0.15) is 33.6 Å². The molecular formula is C13H20O4. The Morgan fingerprint density at radius 2 is 1.71 bits per heavy atom. The van der Waals surface area contributed by atoms with Crippen molar-refractivity contribution >= 4 is 11.9 Å². The molecule has 0 unspecified atom stereocenters. The topological polar surface area (TPSA) is 52.6 Å². The van der Waals surface area contributed by atoms with E-state index in [-0.39, 0.29) is 18.0 Å². The molecule has 0 N–H and O–H groups in total. The van der Waals surface area contributed by atoms with Crippen molar-refractivity contribution in [2.24, 2.45) is 11.8 Å². The van der Waals surface area contributed by atoms with E-state index < -0.39 is 11.8 Å². The molecule has 0 saturated carbocycles. The molecule has 0 radical (unpaired) electrons. The summed E-state index contributed by atoms with van der Waals surface area (Å²) in [5.74, 6) is -1.40. The van der Waals surface area contributed by atoms with Crippen molar-refractivity contribution in [3.63, 3.8) is 0 Å². The monoisotopic (exact) mass is 240 g/mol. The zero-order chi connectivity index (χ0) is 12.8. The molecule has 0 aromatic rings. The molecule has 0 bridgehead atoms. The lowest BCUT2D eigenvalue weighted by Gasteiger charge is -2.25. The number of rotatable bonds is 4. The van der Waals surface area contributed by atoms with E-state index in [1.54, 1.807) is 20.8 Å². The van der Waals surface area contributed by atoms with Crippen LogP contribution in [0.25, 0.3) is 0 Å². The fraction of sp³-hybridized carbons (Fsp3) is 0.692. The number of ether oxygens (including phenoxy) is 2. The third-order valence-electron chi connectivity index (χ3n) is 2.68. The summed E-state index contributed by atoms with van der Waals surface area (Å²) >= 11 is 0. The summed E-state index contributed by atoms with van der Waals surface area (Å²) in [5, 5.41) is 0. The zero-order valence-corrected chi connectivity index (χ0v) is 10.6. The van der Waals surface area contributed by atoms with Crippen LogP contribution in [-0.2, 0) is 19.1 Å². The molecule has 0 aromatic heterocycles. The Morgan fingerprint density at radius 3 is 2.18 bits per heavy atom. The first-order valence-electron chi connectivity index (χ1n) is 6.08. The van der Waals surface area contributed by atoms with Gasteiger partial charge in [-0.25, -0.2) is 0 Å². The van der Waals surface area contributed by atoms with E-state index in [0.29, 0.717) is 19.4 Å². The first-order valence-corrected chi connectivity index (χ1v) is 6.08. The van der Waals surface area contributed by atoms with E-state index in [0.717, 1.165) is 0 Å². The molecule has 1 aliphatic carbocycles. The van der Waals surface area contributed by atoms with Crippen LogP contribution in [0.3, 0.4) is 0 Å². The Labute approximate surface area is 102 Å². The minimum Gasteiger partial charge on any atom is -0.466 e. The van der Waals surface area contributed by atoms with Gasteiger partial charge in [0.15, 0.2) is 0 Å². The second-order valence-corrected chi connectivity index (χ2v) is 4.39. The highest BCUT2D eigenvalue weighted by Gasteiger charge is 2.36.